The number of hydrogen-bond acceptors (Lipinski definition) is 5. The molecule has 0 saturated heterocycles. The molecular formula is C21H15ClFN3O4S. The van der Waals surface area contributed by atoms with E-state index in [-0.39, 0.29) is 34.8 Å². The van der Waals surface area contributed by atoms with Crippen LogP contribution in [0.3, 0.4) is 0 Å². The summed E-state index contributed by atoms with van der Waals surface area (Å²) in [5, 5.41) is 0.378. The number of fused-ring (bicyclic) bond motifs is 1. The van der Waals surface area contributed by atoms with E-state index in [4.69, 9.17) is 11.6 Å². The summed E-state index contributed by atoms with van der Waals surface area (Å²) in [7, 11) is -4.19. The summed E-state index contributed by atoms with van der Waals surface area (Å²) >= 11 is 6.06. The van der Waals surface area contributed by atoms with Crippen molar-refractivity contribution in [1.29, 1.82) is 0 Å². The monoisotopic (exact) mass is 459 g/mol. The number of pyridine rings is 1. The lowest BCUT2D eigenvalue weighted by Gasteiger charge is -2.17. The molecule has 1 aliphatic heterocycles. The fraction of sp³-hybridized carbons (Fsp3) is 0.0952. The molecule has 2 aromatic carbocycles. The summed E-state index contributed by atoms with van der Waals surface area (Å²) in [6.07, 6.45) is 1.39. The van der Waals surface area contributed by atoms with Gasteiger partial charge in [-0.2, -0.15) is 0 Å². The van der Waals surface area contributed by atoms with Crippen LogP contribution in [0.2, 0.25) is 5.02 Å². The normalized spacial score (nSPS) is 13.5. The van der Waals surface area contributed by atoms with Gasteiger partial charge < -0.3 is 0 Å². The number of halogens is 2. The number of benzene rings is 2. The molecule has 2 amide bonds. The highest BCUT2D eigenvalue weighted by Crippen LogP contribution is 2.26. The number of nitrogens with one attached hydrogen (secondary N) is 1. The summed E-state index contributed by atoms with van der Waals surface area (Å²) < 4.78 is 42.1. The standard InChI is InChI=1S/C21H15ClFN3O4S/c22-17-6-2-1-4-13(17)11-25-31(29,30)18-10-15(23)8-7-14(18)12-26-20(27)16-5-3-9-24-19(16)21(26)28/h1-10,25H,11-12H2. The Kier molecular flexibility index (Phi) is 5.57. The van der Waals surface area contributed by atoms with Crippen molar-refractivity contribution in [3.05, 3.63) is 94.0 Å². The highest BCUT2D eigenvalue weighted by molar-refractivity contribution is 7.89. The number of imide groups is 1. The van der Waals surface area contributed by atoms with Gasteiger partial charge in [0.1, 0.15) is 11.5 Å². The molecule has 1 aliphatic rings. The third-order valence-corrected chi connectivity index (χ3v) is 6.64. The highest BCUT2D eigenvalue weighted by Gasteiger charge is 2.37. The van der Waals surface area contributed by atoms with Gasteiger partial charge in [0.25, 0.3) is 11.8 Å². The van der Waals surface area contributed by atoms with Crippen LogP contribution in [-0.4, -0.2) is 30.1 Å². The SMILES string of the molecule is O=C1c2cccnc2C(=O)N1Cc1ccc(F)cc1S(=O)(=O)NCc1ccccc1Cl. The van der Waals surface area contributed by atoms with E-state index in [1.165, 1.54) is 24.4 Å². The number of carbonyl (C=O) groups is 2. The maximum Gasteiger partial charge on any atom is 0.280 e. The molecule has 0 atom stereocenters. The zero-order chi connectivity index (χ0) is 22.2. The molecule has 2 heterocycles. The minimum atomic E-state index is -4.19. The first kappa shape index (κ1) is 21.1. The number of aromatic nitrogens is 1. The average molecular weight is 460 g/mol. The van der Waals surface area contributed by atoms with Crippen LogP contribution in [0, 0.1) is 5.82 Å². The van der Waals surface area contributed by atoms with Crippen LogP contribution in [0.4, 0.5) is 4.39 Å². The molecule has 1 aromatic heterocycles. The molecule has 3 aromatic rings. The van der Waals surface area contributed by atoms with Gasteiger partial charge in [0.05, 0.1) is 17.0 Å². The van der Waals surface area contributed by atoms with Gasteiger partial charge in [0, 0.05) is 17.8 Å². The van der Waals surface area contributed by atoms with Crippen LogP contribution in [0.5, 0.6) is 0 Å². The van der Waals surface area contributed by atoms with Gasteiger partial charge in [0.15, 0.2) is 0 Å². The van der Waals surface area contributed by atoms with E-state index in [0.29, 0.717) is 10.6 Å². The largest absolute Gasteiger partial charge is 0.280 e. The van der Waals surface area contributed by atoms with E-state index in [9.17, 15) is 22.4 Å². The molecule has 10 heteroatoms. The molecule has 0 unspecified atom stereocenters. The summed E-state index contributed by atoms with van der Waals surface area (Å²) in [5.41, 5.74) is 0.756. The maximum absolute atomic E-state index is 13.9. The van der Waals surface area contributed by atoms with Crippen LogP contribution in [0.25, 0.3) is 0 Å². The van der Waals surface area contributed by atoms with Crippen LogP contribution in [0.15, 0.2) is 65.7 Å². The van der Waals surface area contributed by atoms with Crippen molar-refractivity contribution in [3.8, 4) is 0 Å². The molecule has 0 spiro atoms. The Balaban J connectivity index is 1.63. The lowest BCUT2D eigenvalue weighted by Crippen LogP contribution is -2.31. The molecule has 1 N–H and O–H groups in total. The average Bonchev–Trinajstić information content (AvgIpc) is 2.99. The number of carbonyl (C=O) groups excluding carboxylic acids is 2. The van der Waals surface area contributed by atoms with Crippen LogP contribution >= 0.6 is 11.6 Å². The van der Waals surface area contributed by atoms with Gasteiger partial charge in [-0.05, 0) is 41.5 Å². The van der Waals surface area contributed by atoms with Crippen molar-refractivity contribution in [2.75, 3.05) is 0 Å². The third kappa shape index (κ3) is 4.07. The lowest BCUT2D eigenvalue weighted by molar-refractivity contribution is 0.0639. The molecule has 0 radical (unpaired) electrons. The van der Waals surface area contributed by atoms with Crippen LogP contribution < -0.4 is 4.72 Å². The Labute approximate surface area is 182 Å². The van der Waals surface area contributed by atoms with Gasteiger partial charge in [-0.25, -0.2) is 17.5 Å². The first-order valence-electron chi connectivity index (χ1n) is 9.10. The summed E-state index contributed by atoms with van der Waals surface area (Å²) in [6.45, 7) is -0.467. The topological polar surface area (TPSA) is 96.4 Å². The first-order chi connectivity index (χ1) is 14.8. The lowest BCUT2D eigenvalue weighted by atomic mass is 10.2. The van der Waals surface area contributed by atoms with Crippen molar-refractivity contribution in [2.24, 2.45) is 0 Å². The van der Waals surface area contributed by atoms with Crippen molar-refractivity contribution >= 4 is 33.4 Å². The zero-order valence-corrected chi connectivity index (χ0v) is 17.5. The fourth-order valence-corrected chi connectivity index (χ4v) is 4.68. The zero-order valence-electron chi connectivity index (χ0n) is 15.9. The predicted octanol–water partition coefficient (Wildman–Crippen LogP) is 3.15. The predicted molar refractivity (Wildman–Crippen MR) is 110 cm³/mol. The minimum absolute atomic E-state index is 0.00383. The molecule has 4 rings (SSSR count). The Morgan fingerprint density at radius 2 is 1.77 bits per heavy atom. The van der Waals surface area contributed by atoms with E-state index in [1.807, 2.05) is 0 Å². The second-order valence-corrected chi connectivity index (χ2v) is 8.91. The quantitative estimate of drug-likeness (QED) is 0.571. The highest BCUT2D eigenvalue weighted by atomic mass is 35.5. The molecular weight excluding hydrogens is 445 g/mol. The summed E-state index contributed by atoms with van der Waals surface area (Å²) in [5.74, 6) is -2.01. The van der Waals surface area contributed by atoms with Crippen molar-refractivity contribution in [3.63, 3.8) is 0 Å². The van der Waals surface area contributed by atoms with Gasteiger partial charge in [-0.1, -0.05) is 35.9 Å². The molecule has 7 nitrogen and oxygen atoms in total. The molecule has 31 heavy (non-hydrogen) atoms. The summed E-state index contributed by atoms with van der Waals surface area (Å²) in [6, 6.07) is 12.8. The second kappa shape index (κ2) is 8.18. The Hall–Kier alpha value is -3.14. The van der Waals surface area contributed by atoms with E-state index < -0.39 is 27.7 Å². The van der Waals surface area contributed by atoms with Crippen LogP contribution in [-0.2, 0) is 23.1 Å². The van der Waals surface area contributed by atoms with Crippen LogP contribution in [0.1, 0.15) is 32.0 Å². The molecule has 0 bridgehead atoms. The molecule has 0 aliphatic carbocycles. The van der Waals surface area contributed by atoms with Crippen molar-refractivity contribution in [2.45, 2.75) is 18.0 Å². The van der Waals surface area contributed by atoms with E-state index >= 15 is 0 Å². The maximum atomic E-state index is 13.9. The number of nitrogens with zero attached hydrogens (tertiary/aromatic N) is 2. The summed E-state index contributed by atoms with van der Waals surface area (Å²) in [4.78, 5) is 29.6. The van der Waals surface area contributed by atoms with E-state index in [0.717, 1.165) is 17.0 Å². The van der Waals surface area contributed by atoms with E-state index in [2.05, 4.69) is 9.71 Å². The number of sulfonamides is 1. The number of rotatable bonds is 6. The Morgan fingerprint density at radius 3 is 2.52 bits per heavy atom. The first-order valence-corrected chi connectivity index (χ1v) is 11.0. The third-order valence-electron chi connectivity index (χ3n) is 4.79. The number of amides is 2. The Bertz CT molecular complexity index is 1280. The fourth-order valence-electron chi connectivity index (χ4n) is 3.23. The van der Waals surface area contributed by atoms with Crippen molar-refractivity contribution in [1.82, 2.24) is 14.6 Å². The second-order valence-electron chi connectivity index (χ2n) is 6.76. The molecule has 158 valence electrons. The van der Waals surface area contributed by atoms with Gasteiger partial charge >= 0.3 is 0 Å². The van der Waals surface area contributed by atoms with Gasteiger partial charge in [-0.15, -0.1) is 0 Å². The smallest absolute Gasteiger partial charge is 0.268 e. The van der Waals surface area contributed by atoms with Gasteiger partial charge in [0.2, 0.25) is 10.0 Å². The van der Waals surface area contributed by atoms with E-state index in [1.54, 1.807) is 24.3 Å². The Morgan fingerprint density at radius 1 is 1.00 bits per heavy atom. The molecule has 0 fully saturated rings. The number of hydrogen-bond donors (Lipinski definition) is 1. The van der Waals surface area contributed by atoms with Crippen molar-refractivity contribution < 1.29 is 22.4 Å². The molecule has 0 saturated carbocycles. The minimum Gasteiger partial charge on any atom is -0.268 e. The van der Waals surface area contributed by atoms with Gasteiger partial charge in [-0.3, -0.25) is 19.5 Å².